The topological polar surface area (TPSA) is 89.8 Å². The second-order valence-corrected chi connectivity index (χ2v) is 6.07. The van der Waals surface area contributed by atoms with Crippen LogP contribution >= 0.6 is 0 Å². The number of nitriles is 1. The van der Waals surface area contributed by atoms with Crippen molar-refractivity contribution in [3.63, 3.8) is 0 Å². The van der Waals surface area contributed by atoms with Crippen molar-refractivity contribution in [3.05, 3.63) is 93.7 Å². The molecular formula is C21H18N4O2. The number of amides is 1. The van der Waals surface area contributed by atoms with E-state index in [0.29, 0.717) is 29.9 Å². The highest BCUT2D eigenvalue weighted by Gasteiger charge is 2.21. The minimum Gasteiger partial charge on any atom is -0.326 e. The summed E-state index contributed by atoms with van der Waals surface area (Å²) in [5.41, 5.74) is 2.16. The third kappa shape index (κ3) is 4.28. The Labute approximate surface area is 156 Å². The van der Waals surface area contributed by atoms with Gasteiger partial charge in [-0.2, -0.15) is 5.26 Å². The Bertz CT molecular complexity index is 1050. The van der Waals surface area contributed by atoms with Gasteiger partial charge in [-0.3, -0.25) is 14.6 Å². The molecule has 0 aliphatic rings. The van der Waals surface area contributed by atoms with Gasteiger partial charge < -0.3 is 9.88 Å². The lowest BCUT2D eigenvalue weighted by molar-refractivity contribution is 0.0985. The summed E-state index contributed by atoms with van der Waals surface area (Å²) in [6, 6.07) is 17.7. The van der Waals surface area contributed by atoms with Crippen LogP contribution in [-0.2, 0) is 6.42 Å². The summed E-state index contributed by atoms with van der Waals surface area (Å²) in [7, 11) is 0. The van der Waals surface area contributed by atoms with E-state index < -0.39 is 11.5 Å². The highest BCUT2D eigenvalue weighted by Crippen LogP contribution is 2.19. The molecular weight excluding hydrogens is 340 g/mol. The van der Waals surface area contributed by atoms with Crippen LogP contribution in [0.15, 0.2) is 65.6 Å². The van der Waals surface area contributed by atoms with E-state index in [-0.39, 0.29) is 5.56 Å². The Kier molecular flexibility index (Phi) is 5.43. The van der Waals surface area contributed by atoms with Gasteiger partial charge in [-0.1, -0.05) is 12.1 Å². The Morgan fingerprint density at radius 1 is 1.19 bits per heavy atom. The summed E-state index contributed by atoms with van der Waals surface area (Å²) in [5, 5.41) is 9.16. The third-order valence-corrected chi connectivity index (χ3v) is 4.14. The molecule has 6 heteroatoms. The van der Waals surface area contributed by atoms with Gasteiger partial charge in [0, 0.05) is 36.2 Å². The predicted octanol–water partition coefficient (Wildman–Crippen LogP) is 2.84. The molecule has 0 fully saturated rings. The number of aryl methyl sites for hydroxylation is 1. The molecule has 6 nitrogen and oxygen atoms in total. The Hall–Kier alpha value is -3.72. The van der Waals surface area contributed by atoms with Gasteiger partial charge in [0.2, 0.25) is 0 Å². The van der Waals surface area contributed by atoms with E-state index in [2.05, 4.69) is 16.0 Å². The molecule has 27 heavy (non-hydrogen) atoms. The average molecular weight is 358 g/mol. The molecule has 0 bridgehead atoms. The van der Waals surface area contributed by atoms with E-state index in [1.54, 1.807) is 43.5 Å². The van der Waals surface area contributed by atoms with Crippen LogP contribution in [0, 0.1) is 18.3 Å². The van der Waals surface area contributed by atoms with Crippen LogP contribution in [0.4, 0.5) is 5.69 Å². The molecule has 1 aromatic carbocycles. The lowest BCUT2D eigenvalue weighted by Gasteiger charge is -2.23. The van der Waals surface area contributed by atoms with E-state index in [0.717, 1.165) is 5.69 Å². The number of hydrogen-bond acceptors (Lipinski definition) is 4. The van der Waals surface area contributed by atoms with Gasteiger partial charge in [-0.25, -0.2) is 0 Å². The monoisotopic (exact) mass is 358 g/mol. The smallest absolute Gasteiger partial charge is 0.263 e. The number of nitrogens with one attached hydrogen (secondary N) is 1. The zero-order chi connectivity index (χ0) is 19.2. The van der Waals surface area contributed by atoms with E-state index >= 15 is 0 Å². The standard InChI is InChI=1S/C21H18N4O2/c1-15-8-9-19(20(26)24-15)21(27)25(12-10-17-6-2-3-11-23-17)18-7-4-5-16(13-18)14-22/h2-9,11,13H,10,12H2,1H3,(H,24,26). The minimum atomic E-state index is -0.431. The molecule has 3 rings (SSSR count). The van der Waals surface area contributed by atoms with Crippen LogP contribution in [0.3, 0.4) is 0 Å². The maximum atomic E-state index is 13.1. The maximum Gasteiger partial charge on any atom is 0.263 e. The van der Waals surface area contributed by atoms with Crippen molar-refractivity contribution in [3.8, 4) is 6.07 Å². The van der Waals surface area contributed by atoms with Gasteiger partial charge in [0.05, 0.1) is 11.6 Å². The van der Waals surface area contributed by atoms with Gasteiger partial charge in [-0.05, 0) is 49.4 Å². The van der Waals surface area contributed by atoms with Crippen molar-refractivity contribution >= 4 is 11.6 Å². The zero-order valence-corrected chi connectivity index (χ0v) is 14.8. The first-order chi connectivity index (χ1) is 13.1. The number of carbonyl (C=O) groups is 1. The van der Waals surface area contributed by atoms with Crippen molar-refractivity contribution in [2.75, 3.05) is 11.4 Å². The summed E-state index contributed by atoms with van der Waals surface area (Å²) in [5.74, 6) is -0.415. The molecule has 0 aliphatic heterocycles. The normalized spacial score (nSPS) is 10.2. The molecule has 0 saturated carbocycles. The largest absolute Gasteiger partial charge is 0.326 e. The molecule has 1 N–H and O–H groups in total. The summed E-state index contributed by atoms with van der Waals surface area (Å²) in [6.45, 7) is 2.09. The number of aromatic nitrogens is 2. The minimum absolute atomic E-state index is 0.0592. The number of H-pyrrole nitrogens is 1. The van der Waals surface area contributed by atoms with E-state index in [1.165, 1.54) is 11.0 Å². The molecule has 1 amide bonds. The van der Waals surface area contributed by atoms with Crippen LogP contribution in [0.1, 0.15) is 27.3 Å². The fourth-order valence-electron chi connectivity index (χ4n) is 2.75. The van der Waals surface area contributed by atoms with Gasteiger partial charge in [0.15, 0.2) is 0 Å². The van der Waals surface area contributed by atoms with E-state index in [4.69, 9.17) is 5.26 Å². The number of hydrogen-bond donors (Lipinski definition) is 1. The Balaban J connectivity index is 1.96. The maximum absolute atomic E-state index is 13.1. The van der Waals surface area contributed by atoms with Crippen LogP contribution < -0.4 is 10.5 Å². The van der Waals surface area contributed by atoms with Crippen molar-refractivity contribution in [1.29, 1.82) is 5.26 Å². The molecule has 0 aliphatic carbocycles. The highest BCUT2D eigenvalue weighted by molar-refractivity contribution is 6.05. The lowest BCUT2D eigenvalue weighted by Crippen LogP contribution is -2.36. The predicted molar refractivity (Wildman–Crippen MR) is 103 cm³/mol. The molecule has 0 unspecified atom stereocenters. The molecule has 0 spiro atoms. The zero-order valence-electron chi connectivity index (χ0n) is 14.8. The Morgan fingerprint density at radius 3 is 2.74 bits per heavy atom. The SMILES string of the molecule is Cc1ccc(C(=O)N(CCc2ccccn2)c2cccc(C#N)c2)c(=O)[nH]1. The van der Waals surface area contributed by atoms with Crippen LogP contribution in [-0.4, -0.2) is 22.4 Å². The molecule has 0 saturated heterocycles. The Morgan fingerprint density at radius 2 is 2.04 bits per heavy atom. The fraction of sp³-hybridized carbons (Fsp3) is 0.143. The fourth-order valence-corrected chi connectivity index (χ4v) is 2.75. The van der Waals surface area contributed by atoms with Gasteiger partial charge in [0.25, 0.3) is 11.5 Å². The van der Waals surface area contributed by atoms with E-state index in [9.17, 15) is 9.59 Å². The van der Waals surface area contributed by atoms with Crippen molar-refractivity contribution in [2.24, 2.45) is 0 Å². The number of aromatic amines is 1. The average Bonchev–Trinajstić information content (AvgIpc) is 2.69. The number of rotatable bonds is 5. The number of pyridine rings is 2. The number of nitrogens with zero attached hydrogens (tertiary/aromatic N) is 3. The summed E-state index contributed by atoms with van der Waals surface area (Å²) >= 11 is 0. The molecule has 134 valence electrons. The molecule has 2 aromatic heterocycles. The molecule has 2 heterocycles. The molecule has 0 atom stereocenters. The van der Waals surface area contributed by atoms with Crippen LogP contribution in [0.2, 0.25) is 0 Å². The number of carbonyl (C=O) groups excluding carboxylic acids is 1. The first kappa shape index (κ1) is 18.1. The second kappa shape index (κ2) is 8.11. The molecule has 0 radical (unpaired) electrons. The van der Waals surface area contributed by atoms with Crippen molar-refractivity contribution < 1.29 is 4.79 Å². The first-order valence-electron chi connectivity index (χ1n) is 8.50. The van der Waals surface area contributed by atoms with Crippen molar-refractivity contribution in [2.45, 2.75) is 13.3 Å². The van der Waals surface area contributed by atoms with Gasteiger partial charge in [-0.15, -0.1) is 0 Å². The van der Waals surface area contributed by atoms with Gasteiger partial charge in [0.1, 0.15) is 5.56 Å². The lowest BCUT2D eigenvalue weighted by atomic mass is 10.1. The number of anilines is 1. The van der Waals surface area contributed by atoms with Gasteiger partial charge >= 0.3 is 0 Å². The highest BCUT2D eigenvalue weighted by atomic mass is 16.2. The summed E-state index contributed by atoms with van der Waals surface area (Å²) in [4.78, 5) is 33.8. The van der Waals surface area contributed by atoms with Crippen LogP contribution in [0.25, 0.3) is 0 Å². The van der Waals surface area contributed by atoms with Crippen molar-refractivity contribution in [1.82, 2.24) is 9.97 Å². The quantitative estimate of drug-likeness (QED) is 0.759. The summed E-state index contributed by atoms with van der Waals surface area (Å²) in [6.07, 6.45) is 2.22. The molecule has 3 aromatic rings. The van der Waals surface area contributed by atoms with E-state index in [1.807, 2.05) is 18.2 Å². The summed E-state index contributed by atoms with van der Waals surface area (Å²) < 4.78 is 0. The van der Waals surface area contributed by atoms with Crippen LogP contribution in [0.5, 0.6) is 0 Å². The number of benzene rings is 1. The first-order valence-corrected chi connectivity index (χ1v) is 8.50. The second-order valence-electron chi connectivity index (χ2n) is 6.07. The third-order valence-electron chi connectivity index (χ3n) is 4.14.